The topological polar surface area (TPSA) is 75.3 Å². The van der Waals surface area contributed by atoms with Crippen LogP contribution in [0.3, 0.4) is 0 Å². The zero-order valence-electron chi connectivity index (χ0n) is 11.7. The van der Waals surface area contributed by atoms with Gasteiger partial charge in [-0.15, -0.1) is 0 Å². The zero-order chi connectivity index (χ0) is 14.3. The molecule has 0 aromatic heterocycles. The summed E-state index contributed by atoms with van der Waals surface area (Å²) in [6.45, 7) is 6.03. The lowest BCUT2D eigenvalue weighted by Crippen LogP contribution is -2.31. The monoisotopic (exact) mass is 288 g/mol. The summed E-state index contributed by atoms with van der Waals surface area (Å²) in [5.41, 5.74) is 1.21. The Morgan fingerprint density at radius 2 is 2.21 bits per heavy atom. The lowest BCUT2D eigenvalue weighted by atomic mass is 10.1. The molecule has 1 aliphatic heterocycles. The van der Waals surface area contributed by atoms with Crippen molar-refractivity contribution >= 4 is 15.7 Å². The number of hydrogen-bond acceptors (Lipinski definition) is 4. The van der Waals surface area contributed by atoms with Gasteiger partial charge in [0.15, 0.2) is 9.84 Å². The Kier molecular flexibility index (Phi) is 6.51. The fraction of sp³-hybridized carbons (Fsp3) is 0.769. The Balaban J connectivity index is 2.26. The molecule has 5 nitrogen and oxygen atoms in total. The predicted molar refractivity (Wildman–Crippen MR) is 76.7 cm³/mol. The molecule has 1 rings (SSSR count). The van der Waals surface area contributed by atoms with Crippen LogP contribution in [0.1, 0.15) is 26.7 Å². The first-order valence-corrected chi connectivity index (χ1v) is 8.57. The smallest absolute Gasteiger partial charge is 0.221 e. The summed E-state index contributed by atoms with van der Waals surface area (Å²) in [5, 5.41) is 5.98. The van der Waals surface area contributed by atoms with Crippen LogP contribution in [0.5, 0.6) is 0 Å². The first kappa shape index (κ1) is 16.2. The molecule has 0 aliphatic carbocycles. The largest absolute Gasteiger partial charge is 0.352 e. The van der Waals surface area contributed by atoms with Crippen LogP contribution < -0.4 is 10.6 Å². The quantitative estimate of drug-likeness (QED) is 0.668. The lowest BCUT2D eigenvalue weighted by Gasteiger charge is -2.14. The van der Waals surface area contributed by atoms with E-state index < -0.39 is 9.84 Å². The number of rotatable bonds is 7. The molecule has 2 N–H and O–H groups in total. The molecule has 110 valence electrons. The summed E-state index contributed by atoms with van der Waals surface area (Å²) in [4.78, 5) is 11.6. The van der Waals surface area contributed by atoms with Crippen LogP contribution in [0, 0.1) is 5.92 Å². The van der Waals surface area contributed by atoms with Crippen LogP contribution in [0.15, 0.2) is 11.6 Å². The molecule has 6 heteroatoms. The maximum Gasteiger partial charge on any atom is 0.221 e. The van der Waals surface area contributed by atoms with Crippen molar-refractivity contribution in [3.05, 3.63) is 11.6 Å². The highest BCUT2D eigenvalue weighted by Gasteiger charge is 2.15. The minimum Gasteiger partial charge on any atom is -0.352 e. The van der Waals surface area contributed by atoms with E-state index >= 15 is 0 Å². The number of hydrogen-bond donors (Lipinski definition) is 2. The average molecular weight is 288 g/mol. The van der Waals surface area contributed by atoms with E-state index in [2.05, 4.69) is 16.7 Å². The number of carbonyl (C=O) groups excluding carboxylic acids is 1. The fourth-order valence-electron chi connectivity index (χ4n) is 1.97. The summed E-state index contributed by atoms with van der Waals surface area (Å²) in [6, 6.07) is 0. The number of amides is 1. The Labute approximate surface area is 115 Å². The Hall–Kier alpha value is -0.880. The minimum absolute atomic E-state index is 0.0561. The highest BCUT2D eigenvalue weighted by molar-refractivity contribution is 7.91. The van der Waals surface area contributed by atoms with Gasteiger partial charge in [0.05, 0.1) is 11.5 Å². The molecule has 1 amide bonds. The maximum atomic E-state index is 11.7. The average Bonchev–Trinajstić information content (AvgIpc) is 2.34. The molecule has 0 saturated carbocycles. The van der Waals surface area contributed by atoms with Crippen molar-refractivity contribution in [2.75, 3.05) is 31.1 Å². The molecule has 0 fully saturated rings. The first-order valence-electron chi connectivity index (χ1n) is 6.75. The van der Waals surface area contributed by atoms with Gasteiger partial charge in [0, 0.05) is 19.5 Å². The van der Waals surface area contributed by atoms with Crippen molar-refractivity contribution in [2.45, 2.75) is 26.7 Å². The summed E-state index contributed by atoms with van der Waals surface area (Å²) in [7, 11) is -3.10. The third-order valence-corrected chi connectivity index (χ3v) is 4.90. The van der Waals surface area contributed by atoms with E-state index in [4.69, 9.17) is 0 Å². The van der Waals surface area contributed by atoms with Crippen molar-refractivity contribution in [1.82, 2.24) is 10.6 Å². The molecule has 0 aromatic rings. The molecule has 1 aliphatic rings. The van der Waals surface area contributed by atoms with Crippen molar-refractivity contribution in [2.24, 2.45) is 5.92 Å². The summed E-state index contributed by atoms with van der Waals surface area (Å²) in [5.74, 6) is 0.00839. The zero-order valence-corrected chi connectivity index (χ0v) is 12.6. The second-order valence-corrected chi connectivity index (χ2v) is 7.58. The van der Waals surface area contributed by atoms with E-state index in [0.717, 1.165) is 19.5 Å². The van der Waals surface area contributed by atoms with Gasteiger partial charge in [-0.05, 0) is 18.9 Å². The Bertz CT molecular complexity index is 427. The lowest BCUT2D eigenvalue weighted by molar-refractivity contribution is -0.120. The first-order chi connectivity index (χ1) is 8.89. The normalized spacial score (nSPS) is 16.3. The molecule has 0 spiro atoms. The second-order valence-electron chi connectivity index (χ2n) is 5.35. The van der Waals surface area contributed by atoms with Gasteiger partial charge in [-0.25, -0.2) is 8.42 Å². The van der Waals surface area contributed by atoms with Gasteiger partial charge in [-0.3, -0.25) is 4.79 Å². The van der Waals surface area contributed by atoms with E-state index in [1.54, 1.807) is 0 Å². The Morgan fingerprint density at radius 1 is 1.47 bits per heavy atom. The van der Waals surface area contributed by atoms with E-state index in [-0.39, 0.29) is 29.8 Å². The fourth-order valence-corrected chi connectivity index (χ4v) is 3.65. The molecular weight excluding hydrogens is 264 g/mol. The van der Waals surface area contributed by atoms with Gasteiger partial charge in [-0.1, -0.05) is 25.5 Å². The van der Waals surface area contributed by atoms with E-state index in [9.17, 15) is 13.2 Å². The summed E-state index contributed by atoms with van der Waals surface area (Å²) >= 11 is 0. The van der Waals surface area contributed by atoms with Crippen molar-refractivity contribution in [3.63, 3.8) is 0 Å². The van der Waals surface area contributed by atoms with E-state index in [1.807, 2.05) is 13.8 Å². The molecule has 0 bridgehead atoms. The molecule has 0 atom stereocenters. The van der Waals surface area contributed by atoms with Gasteiger partial charge in [-0.2, -0.15) is 0 Å². The molecule has 19 heavy (non-hydrogen) atoms. The number of carbonyl (C=O) groups is 1. The highest BCUT2D eigenvalue weighted by atomic mass is 32.2. The SMILES string of the molecule is CC(C)CS(=O)(=O)CCC(=O)NCC1=CCNCC1. The molecule has 1 heterocycles. The molecule has 0 radical (unpaired) electrons. The summed E-state index contributed by atoms with van der Waals surface area (Å²) in [6.07, 6.45) is 3.06. The van der Waals surface area contributed by atoms with Gasteiger partial charge >= 0.3 is 0 Å². The van der Waals surface area contributed by atoms with Gasteiger partial charge in [0.2, 0.25) is 5.91 Å². The van der Waals surface area contributed by atoms with E-state index in [1.165, 1.54) is 5.57 Å². The number of sulfone groups is 1. The van der Waals surface area contributed by atoms with Crippen LogP contribution in [0.4, 0.5) is 0 Å². The van der Waals surface area contributed by atoms with E-state index in [0.29, 0.717) is 6.54 Å². The summed E-state index contributed by atoms with van der Waals surface area (Å²) < 4.78 is 23.3. The second kappa shape index (κ2) is 7.65. The van der Waals surface area contributed by atoms with Crippen LogP contribution in [0.2, 0.25) is 0 Å². The predicted octanol–water partition coefficient (Wildman–Crippen LogP) is 0.483. The number of nitrogens with one attached hydrogen (secondary N) is 2. The van der Waals surface area contributed by atoms with Gasteiger partial charge < -0.3 is 10.6 Å². The standard InChI is InChI=1S/C13H24N2O3S/c1-11(2)10-19(17,18)8-5-13(16)15-9-12-3-6-14-7-4-12/h3,11,14H,4-10H2,1-2H3,(H,15,16). The van der Waals surface area contributed by atoms with Crippen LogP contribution in [-0.4, -0.2) is 45.5 Å². The molecule has 0 aromatic carbocycles. The van der Waals surface area contributed by atoms with Gasteiger partial charge in [0.25, 0.3) is 0 Å². The molecule has 0 saturated heterocycles. The van der Waals surface area contributed by atoms with Crippen LogP contribution >= 0.6 is 0 Å². The van der Waals surface area contributed by atoms with Crippen molar-refractivity contribution < 1.29 is 13.2 Å². The highest BCUT2D eigenvalue weighted by Crippen LogP contribution is 2.04. The van der Waals surface area contributed by atoms with Gasteiger partial charge in [0.1, 0.15) is 0 Å². The van der Waals surface area contributed by atoms with Crippen molar-refractivity contribution in [3.8, 4) is 0 Å². The maximum absolute atomic E-state index is 11.7. The third-order valence-electron chi connectivity index (χ3n) is 2.90. The molecular formula is C13H24N2O3S. The minimum atomic E-state index is -3.10. The molecule has 0 unspecified atom stereocenters. The Morgan fingerprint density at radius 3 is 2.79 bits per heavy atom. The third kappa shape index (κ3) is 7.32. The van der Waals surface area contributed by atoms with Crippen LogP contribution in [0.25, 0.3) is 0 Å². The van der Waals surface area contributed by atoms with Crippen LogP contribution in [-0.2, 0) is 14.6 Å². The van der Waals surface area contributed by atoms with Crippen molar-refractivity contribution in [1.29, 1.82) is 0 Å².